The highest BCUT2D eigenvalue weighted by molar-refractivity contribution is 9.10. The van der Waals surface area contributed by atoms with Gasteiger partial charge in [0.2, 0.25) is 0 Å². The molecule has 0 aliphatic heterocycles. The summed E-state index contributed by atoms with van der Waals surface area (Å²) in [5, 5.41) is 11.8. The quantitative estimate of drug-likeness (QED) is 0.836. The number of aromatic nitrogens is 1. The third kappa shape index (κ3) is 2.57. The summed E-state index contributed by atoms with van der Waals surface area (Å²) in [4.78, 5) is 4.12. The third-order valence-corrected chi connectivity index (χ3v) is 2.69. The molecule has 0 bridgehead atoms. The second-order valence-corrected chi connectivity index (χ2v) is 4.31. The summed E-state index contributed by atoms with van der Waals surface area (Å²) in [5.41, 5.74) is 6.80. The predicted octanol–water partition coefficient (Wildman–Crippen LogP) is 3.18. The fourth-order valence-electron chi connectivity index (χ4n) is 1.39. The number of nitrogens with one attached hydrogen (secondary N) is 1. The molecule has 18 heavy (non-hydrogen) atoms. The SMILES string of the molecule is N#Cc1ccc(F)cc1Nc1nc(Br)ccc1N. The molecular weight excluding hydrogens is 299 g/mol. The van der Waals surface area contributed by atoms with Gasteiger partial charge in [0.05, 0.1) is 16.9 Å². The summed E-state index contributed by atoms with van der Waals surface area (Å²) in [5.74, 6) is -0.0726. The van der Waals surface area contributed by atoms with Crippen LogP contribution in [0.5, 0.6) is 0 Å². The van der Waals surface area contributed by atoms with E-state index in [2.05, 4.69) is 26.2 Å². The van der Waals surface area contributed by atoms with E-state index in [1.165, 1.54) is 18.2 Å². The Morgan fingerprint density at radius 1 is 1.33 bits per heavy atom. The topological polar surface area (TPSA) is 74.7 Å². The van der Waals surface area contributed by atoms with Crippen molar-refractivity contribution in [3.05, 3.63) is 46.3 Å². The fraction of sp³-hybridized carbons (Fsp3) is 0. The first kappa shape index (κ1) is 12.3. The zero-order valence-corrected chi connectivity index (χ0v) is 10.7. The molecule has 4 nitrogen and oxygen atoms in total. The van der Waals surface area contributed by atoms with Crippen molar-refractivity contribution in [3.8, 4) is 6.07 Å². The molecule has 0 spiro atoms. The lowest BCUT2D eigenvalue weighted by Crippen LogP contribution is -2.01. The van der Waals surface area contributed by atoms with Gasteiger partial charge in [-0.2, -0.15) is 5.26 Å². The Bertz CT molecular complexity index is 636. The van der Waals surface area contributed by atoms with E-state index in [9.17, 15) is 4.39 Å². The number of nitrogens with zero attached hydrogens (tertiary/aromatic N) is 2. The second kappa shape index (κ2) is 5.02. The van der Waals surface area contributed by atoms with Gasteiger partial charge in [-0.1, -0.05) is 0 Å². The summed E-state index contributed by atoms with van der Waals surface area (Å²) < 4.78 is 13.7. The summed E-state index contributed by atoms with van der Waals surface area (Å²) in [6.45, 7) is 0. The van der Waals surface area contributed by atoms with Gasteiger partial charge in [-0.15, -0.1) is 0 Å². The number of pyridine rings is 1. The van der Waals surface area contributed by atoms with E-state index in [1.807, 2.05) is 6.07 Å². The van der Waals surface area contributed by atoms with Crippen molar-refractivity contribution in [1.82, 2.24) is 4.98 Å². The van der Waals surface area contributed by atoms with Crippen LogP contribution in [0, 0.1) is 17.1 Å². The van der Waals surface area contributed by atoms with E-state index in [0.717, 1.165) is 0 Å². The summed E-state index contributed by atoms with van der Waals surface area (Å²) in [6, 6.07) is 9.16. The van der Waals surface area contributed by atoms with Gasteiger partial charge in [-0.3, -0.25) is 0 Å². The molecule has 3 N–H and O–H groups in total. The molecule has 1 aromatic carbocycles. The van der Waals surface area contributed by atoms with Crippen LogP contribution in [-0.2, 0) is 0 Å². The Labute approximate surface area is 111 Å². The largest absolute Gasteiger partial charge is 0.396 e. The van der Waals surface area contributed by atoms with E-state index in [1.54, 1.807) is 12.1 Å². The number of hydrogen-bond donors (Lipinski definition) is 2. The average Bonchev–Trinajstić information content (AvgIpc) is 2.34. The van der Waals surface area contributed by atoms with Gasteiger partial charge in [0.1, 0.15) is 16.5 Å². The Balaban J connectivity index is 2.43. The van der Waals surface area contributed by atoms with Crippen molar-refractivity contribution in [1.29, 1.82) is 5.26 Å². The monoisotopic (exact) mass is 306 g/mol. The fourth-order valence-corrected chi connectivity index (χ4v) is 1.70. The van der Waals surface area contributed by atoms with Crippen molar-refractivity contribution >= 4 is 33.1 Å². The highest BCUT2D eigenvalue weighted by Crippen LogP contribution is 2.25. The lowest BCUT2D eigenvalue weighted by Gasteiger charge is -2.10. The molecular formula is C12H8BrFN4. The molecule has 1 heterocycles. The molecule has 2 aromatic rings. The number of halogens is 2. The molecule has 0 amide bonds. The van der Waals surface area contributed by atoms with Crippen molar-refractivity contribution < 1.29 is 4.39 Å². The lowest BCUT2D eigenvalue weighted by molar-refractivity contribution is 0.628. The van der Waals surface area contributed by atoms with Crippen LogP contribution in [0.15, 0.2) is 34.9 Å². The van der Waals surface area contributed by atoms with E-state index < -0.39 is 5.82 Å². The molecule has 0 saturated heterocycles. The van der Waals surface area contributed by atoms with Crippen molar-refractivity contribution in [2.75, 3.05) is 11.1 Å². The first-order chi connectivity index (χ1) is 8.60. The minimum atomic E-state index is -0.440. The van der Waals surface area contributed by atoms with Gasteiger partial charge < -0.3 is 11.1 Å². The van der Waals surface area contributed by atoms with Crippen LogP contribution in [0.4, 0.5) is 21.6 Å². The molecule has 0 fully saturated rings. The summed E-state index contributed by atoms with van der Waals surface area (Å²) in [6.07, 6.45) is 0. The van der Waals surface area contributed by atoms with Crippen LogP contribution in [0.1, 0.15) is 5.56 Å². The molecule has 0 saturated carbocycles. The Hall–Kier alpha value is -2.13. The Morgan fingerprint density at radius 2 is 2.11 bits per heavy atom. The molecule has 0 aliphatic rings. The zero-order chi connectivity index (χ0) is 13.1. The number of hydrogen-bond acceptors (Lipinski definition) is 4. The number of anilines is 3. The molecule has 90 valence electrons. The van der Waals surface area contributed by atoms with Crippen LogP contribution < -0.4 is 11.1 Å². The maximum absolute atomic E-state index is 13.2. The third-order valence-electron chi connectivity index (χ3n) is 2.25. The minimum absolute atomic E-state index is 0.317. The van der Waals surface area contributed by atoms with E-state index >= 15 is 0 Å². The zero-order valence-electron chi connectivity index (χ0n) is 9.11. The van der Waals surface area contributed by atoms with Crippen LogP contribution >= 0.6 is 15.9 Å². The summed E-state index contributed by atoms with van der Waals surface area (Å²) >= 11 is 3.21. The summed E-state index contributed by atoms with van der Waals surface area (Å²) in [7, 11) is 0. The molecule has 0 unspecified atom stereocenters. The Kier molecular flexibility index (Phi) is 3.44. The van der Waals surface area contributed by atoms with Gasteiger partial charge in [0.25, 0.3) is 0 Å². The smallest absolute Gasteiger partial charge is 0.154 e. The van der Waals surface area contributed by atoms with E-state index in [0.29, 0.717) is 27.4 Å². The van der Waals surface area contributed by atoms with Crippen molar-refractivity contribution in [3.63, 3.8) is 0 Å². The van der Waals surface area contributed by atoms with Gasteiger partial charge in [0, 0.05) is 0 Å². The highest BCUT2D eigenvalue weighted by atomic mass is 79.9. The highest BCUT2D eigenvalue weighted by Gasteiger charge is 2.07. The average molecular weight is 307 g/mol. The first-order valence-corrected chi connectivity index (χ1v) is 5.78. The molecule has 1 aromatic heterocycles. The van der Waals surface area contributed by atoms with Crippen LogP contribution in [0.3, 0.4) is 0 Å². The lowest BCUT2D eigenvalue weighted by atomic mass is 10.2. The second-order valence-electron chi connectivity index (χ2n) is 3.50. The van der Waals surface area contributed by atoms with Crippen molar-refractivity contribution in [2.45, 2.75) is 0 Å². The maximum atomic E-state index is 13.2. The first-order valence-electron chi connectivity index (χ1n) is 4.99. The van der Waals surface area contributed by atoms with Crippen LogP contribution in [-0.4, -0.2) is 4.98 Å². The van der Waals surface area contributed by atoms with E-state index in [4.69, 9.17) is 11.0 Å². The molecule has 2 rings (SSSR count). The van der Waals surface area contributed by atoms with Crippen molar-refractivity contribution in [2.24, 2.45) is 0 Å². The number of nitrogen functional groups attached to an aromatic ring is 1. The number of nitriles is 1. The van der Waals surface area contributed by atoms with Crippen LogP contribution in [0.25, 0.3) is 0 Å². The van der Waals surface area contributed by atoms with Crippen LogP contribution in [0.2, 0.25) is 0 Å². The number of nitrogens with two attached hydrogens (primary N) is 1. The maximum Gasteiger partial charge on any atom is 0.154 e. The van der Waals surface area contributed by atoms with E-state index in [-0.39, 0.29) is 0 Å². The van der Waals surface area contributed by atoms with Gasteiger partial charge in [0.15, 0.2) is 5.82 Å². The van der Waals surface area contributed by atoms with Gasteiger partial charge in [-0.05, 0) is 46.3 Å². The standard InChI is InChI=1S/C12H8BrFN4/c13-11-4-3-9(16)12(18-11)17-10-5-8(14)2-1-7(10)6-15/h1-5H,16H2,(H,17,18). The van der Waals surface area contributed by atoms with Gasteiger partial charge in [-0.25, -0.2) is 9.37 Å². The number of rotatable bonds is 2. The van der Waals surface area contributed by atoms with Gasteiger partial charge >= 0.3 is 0 Å². The molecule has 0 atom stereocenters. The molecule has 0 aliphatic carbocycles. The molecule has 0 radical (unpaired) electrons. The number of benzene rings is 1. The minimum Gasteiger partial charge on any atom is -0.396 e. The predicted molar refractivity (Wildman–Crippen MR) is 70.7 cm³/mol. The normalized spacial score (nSPS) is 9.83. The molecule has 6 heteroatoms. The Morgan fingerprint density at radius 3 is 2.83 bits per heavy atom.